The van der Waals surface area contributed by atoms with E-state index in [1.807, 2.05) is 12.1 Å². The van der Waals surface area contributed by atoms with Crippen molar-refractivity contribution in [1.29, 1.82) is 0 Å². The van der Waals surface area contributed by atoms with Crippen LogP contribution in [-0.2, 0) is 0 Å². The molecule has 64 heavy (non-hydrogen) atoms. The number of para-hydroxylation sites is 1. The van der Waals surface area contributed by atoms with Crippen molar-refractivity contribution in [2.75, 3.05) is 0 Å². The summed E-state index contributed by atoms with van der Waals surface area (Å²) in [7, 11) is 0. The fourth-order valence-corrected chi connectivity index (χ4v) is 9.32. The Hall–Kier alpha value is -8.53. The summed E-state index contributed by atoms with van der Waals surface area (Å²) in [5.74, 6) is 0.672. The molecule has 0 aliphatic heterocycles. The third-order valence-electron chi connectivity index (χ3n) is 12.5. The van der Waals surface area contributed by atoms with Crippen LogP contribution in [0, 0.1) is 0 Å². The molecule has 12 aromatic rings. The Labute approximate surface area is 371 Å². The third-order valence-corrected chi connectivity index (χ3v) is 12.5. The Morgan fingerprint density at radius 1 is 0.219 bits per heavy atom. The molecule has 298 valence electrons. The van der Waals surface area contributed by atoms with Crippen LogP contribution >= 0.6 is 0 Å². The van der Waals surface area contributed by atoms with Crippen molar-refractivity contribution in [1.82, 2.24) is 15.0 Å². The summed E-state index contributed by atoms with van der Waals surface area (Å²) < 4.78 is 0. The minimum absolute atomic E-state index is 0.672. The smallest absolute Gasteiger partial charge is 0.160 e. The predicted molar refractivity (Wildman–Crippen MR) is 268 cm³/mol. The number of hydrogen-bond donors (Lipinski definition) is 0. The second kappa shape index (κ2) is 15.7. The van der Waals surface area contributed by atoms with Crippen LogP contribution in [0.1, 0.15) is 0 Å². The predicted octanol–water partition coefficient (Wildman–Crippen LogP) is 16.2. The van der Waals surface area contributed by atoms with E-state index in [2.05, 4.69) is 224 Å². The van der Waals surface area contributed by atoms with Gasteiger partial charge in [0.15, 0.2) is 5.82 Å². The molecule has 0 saturated heterocycles. The van der Waals surface area contributed by atoms with Gasteiger partial charge in [0.1, 0.15) is 0 Å². The summed E-state index contributed by atoms with van der Waals surface area (Å²) in [5, 5.41) is 8.49. The fourth-order valence-electron chi connectivity index (χ4n) is 9.32. The second-order valence-electron chi connectivity index (χ2n) is 16.3. The van der Waals surface area contributed by atoms with E-state index >= 15 is 0 Å². The molecule has 0 radical (unpaired) electrons. The summed E-state index contributed by atoms with van der Waals surface area (Å²) in [5.41, 5.74) is 14.6. The van der Waals surface area contributed by atoms with Crippen molar-refractivity contribution in [2.24, 2.45) is 0 Å². The monoisotopic (exact) mass is 813 g/mol. The van der Waals surface area contributed by atoms with Crippen LogP contribution in [-0.4, -0.2) is 15.0 Å². The SMILES string of the molecule is c1ccc(-c2ccc(-c3cc(-c4ccc(-c5ccccc5)cc4)nc(-c4cccc(-c5cccc(-c6nc7ccccc7c7c8ccccc8c8ccccc8c67)c5)c4)n3)cc2)cc1. The van der Waals surface area contributed by atoms with Crippen molar-refractivity contribution in [3.8, 4) is 78.5 Å². The van der Waals surface area contributed by atoms with Gasteiger partial charge in [0.05, 0.1) is 22.6 Å². The van der Waals surface area contributed by atoms with Crippen molar-refractivity contribution in [2.45, 2.75) is 0 Å². The third kappa shape index (κ3) is 6.68. The maximum atomic E-state index is 5.43. The van der Waals surface area contributed by atoms with Gasteiger partial charge in [-0.15, -0.1) is 0 Å². The zero-order valence-electron chi connectivity index (χ0n) is 34.9. The van der Waals surface area contributed by atoms with Crippen molar-refractivity contribution in [3.63, 3.8) is 0 Å². The number of fused-ring (bicyclic) bond motifs is 8. The Morgan fingerprint density at radius 2 is 0.609 bits per heavy atom. The molecule has 0 aliphatic carbocycles. The molecule has 0 unspecified atom stereocenters. The van der Waals surface area contributed by atoms with E-state index < -0.39 is 0 Å². The fraction of sp³-hybridized carbons (Fsp3) is 0. The highest BCUT2D eigenvalue weighted by Gasteiger charge is 2.18. The van der Waals surface area contributed by atoms with E-state index in [1.165, 1.54) is 54.6 Å². The largest absolute Gasteiger partial charge is 0.247 e. The average molecular weight is 814 g/mol. The van der Waals surface area contributed by atoms with Gasteiger partial charge < -0.3 is 0 Å². The summed E-state index contributed by atoms with van der Waals surface area (Å²) in [6.45, 7) is 0. The zero-order chi connectivity index (χ0) is 42.4. The minimum atomic E-state index is 0.672. The quantitative estimate of drug-likeness (QED) is 0.150. The lowest BCUT2D eigenvalue weighted by atomic mass is 9.89. The van der Waals surface area contributed by atoms with Gasteiger partial charge in [0.2, 0.25) is 0 Å². The van der Waals surface area contributed by atoms with Gasteiger partial charge in [-0.05, 0) is 79.2 Å². The van der Waals surface area contributed by atoms with Crippen LogP contribution in [0.25, 0.3) is 122 Å². The first-order valence-electron chi connectivity index (χ1n) is 21.8. The Balaban J connectivity index is 0.983. The molecule has 0 spiro atoms. The lowest BCUT2D eigenvalue weighted by Crippen LogP contribution is -1.96. The number of pyridine rings is 1. The van der Waals surface area contributed by atoms with Gasteiger partial charge in [-0.25, -0.2) is 15.0 Å². The van der Waals surface area contributed by atoms with Crippen LogP contribution in [0.2, 0.25) is 0 Å². The van der Waals surface area contributed by atoms with Crippen molar-refractivity contribution >= 4 is 43.2 Å². The van der Waals surface area contributed by atoms with E-state index in [1.54, 1.807) is 0 Å². The number of nitrogens with zero attached hydrogens (tertiary/aromatic N) is 3. The molecular formula is C61H39N3. The van der Waals surface area contributed by atoms with Crippen LogP contribution in [0.15, 0.2) is 237 Å². The minimum Gasteiger partial charge on any atom is -0.247 e. The molecule has 0 N–H and O–H groups in total. The molecule has 12 rings (SSSR count). The highest BCUT2D eigenvalue weighted by atomic mass is 14.9. The van der Waals surface area contributed by atoms with Crippen LogP contribution in [0.4, 0.5) is 0 Å². The molecule has 3 heteroatoms. The first-order chi connectivity index (χ1) is 31.7. The van der Waals surface area contributed by atoms with E-state index in [9.17, 15) is 0 Å². The highest BCUT2D eigenvalue weighted by molar-refractivity contribution is 6.33. The average Bonchev–Trinajstić information content (AvgIpc) is 3.39. The standard InChI is InChI=1S/C61H39N3/c1-3-15-40(16-4-1)42-29-33-44(34-30-42)56-39-57(45-35-31-43(32-36-45)41-17-5-2-6-18-41)64-61(63-56)49-22-14-20-47(38-49)46-19-13-21-48(37-46)60-59-53-26-10-8-24-51(53)50-23-7-9-25-52(50)58(59)54-27-11-12-28-55(54)62-60/h1-39H. The molecule has 0 atom stereocenters. The second-order valence-corrected chi connectivity index (χ2v) is 16.3. The molecule has 0 fully saturated rings. The molecule has 2 aromatic heterocycles. The van der Waals surface area contributed by atoms with Gasteiger partial charge >= 0.3 is 0 Å². The zero-order valence-corrected chi connectivity index (χ0v) is 34.9. The van der Waals surface area contributed by atoms with E-state index in [4.69, 9.17) is 15.0 Å². The summed E-state index contributed by atoms with van der Waals surface area (Å²) >= 11 is 0. The van der Waals surface area contributed by atoms with Crippen LogP contribution in [0.5, 0.6) is 0 Å². The van der Waals surface area contributed by atoms with Gasteiger partial charge in [-0.2, -0.15) is 0 Å². The number of benzene rings is 10. The Morgan fingerprint density at radius 3 is 1.17 bits per heavy atom. The molecule has 2 heterocycles. The van der Waals surface area contributed by atoms with Crippen LogP contribution < -0.4 is 0 Å². The summed E-state index contributed by atoms with van der Waals surface area (Å²) in [6.07, 6.45) is 0. The maximum absolute atomic E-state index is 5.43. The molecule has 3 nitrogen and oxygen atoms in total. The highest BCUT2D eigenvalue weighted by Crippen LogP contribution is 2.43. The molecular weight excluding hydrogens is 775 g/mol. The maximum Gasteiger partial charge on any atom is 0.160 e. The van der Waals surface area contributed by atoms with Gasteiger partial charge in [0, 0.05) is 38.4 Å². The summed E-state index contributed by atoms with van der Waals surface area (Å²) in [6, 6.07) is 83.9. The number of hydrogen-bond acceptors (Lipinski definition) is 3. The van der Waals surface area contributed by atoms with Gasteiger partial charge in [0.25, 0.3) is 0 Å². The molecule has 0 amide bonds. The number of aromatic nitrogens is 3. The van der Waals surface area contributed by atoms with Gasteiger partial charge in [-0.3, -0.25) is 0 Å². The molecule has 0 aliphatic rings. The summed E-state index contributed by atoms with van der Waals surface area (Å²) in [4.78, 5) is 16.0. The van der Waals surface area contributed by atoms with Crippen molar-refractivity contribution in [3.05, 3.63) is 237 Å². The molecule has 0 bridgehead atoms. The Bertz CT molecular complexity index is 3590. The van der Waals surface area contributed by atoms with E-state index in [0.29, 0.717) is 5.82 Å². The van der Waals surface area contributed by atoms with Gasteiger partial charge in [-0.1, -0.05) is 212 Å². The topological polar surface area (TPSA) is 38.7 Å². The lowest BCUT2D eigenvalue weighted by molar-refractivity contribution is 1.18. The van der Waals surface area contributed by atoms with Crippen molar-refractivity contribution < 1.29 is 0 Å². The Kier molecular flexibility index (Phi) is 9.16. The normalized spacial score (nSPS) is 11.4. The first kappa shape index (κ1) is 37.2. The molecule has 0 saturated carbocycles. The van der Waals surface area contributed by atoms with Crippen LogP contribution in [0.3, 0.4) is 0 Å². The van der Waals surface area contributed by atoms with E-state index in [-0.39, 0.29) is 0 Å². The first-order valence-corrected chi connectivity index (χ1v) is 21.8. The lowest BCUT2D eigenvalue weighted by Gasteiger charge is -2.16. The van der Waals surface area contributed by atoms with E-state index in [0.717, 1.165) is 61.4 Å². The molecule has 10 aromatic carbocycles. The number of rotatable bonds is 7.